The molecule has 0 aliphatic carbocycles. The Bertz CT molecular complexity index is 786. The number of ether oxygens (including phenoxy) is 6. The molecule has 4 saturated heterocycles. The van der Waals surface area contributed by atoms with Gasteiger partial charge in [-0.3, -0.25) is 9.59 Å². The van der Waals surface area contributed by atoms with Crippen LogP contribution in [0.25, 0.3) is 0 Å². The van der Waals surface area contributed by atoms with Gasteiger partial charge in [-0.2, -0.15) is 13.2 Å². The first-order valence-electron chi connectivity index (χ1n) is 10.1. The van der Waals surface area contributed by atoms with Crippen molar-refractivity contribution in [3.63, 3.8) is 0 Å². The number of cyclic esters (lactones) is 1. The second-order valence-corrected chi connectivity index (χ2v) is 8.58. The van der Waals surface area contributed by atoms with Crippen LogP contribution in [0.15, 0.2) is 0 Å². The van der Waals surface area contributed by atoms with E-state index in [2.05, 4.69) is 0 Å². The van der Waals surface area contributed by atoms with E-state index in [1.54, 1.807) is 6.92 Å². The van der Waals surface area contributed by atoms with E-state index in [0.717, 1.165) is 6.92 Å². The van der Waals surface area contributed by atoms with Crippen LogP contribution in [0.5, 0.6) is 0 Å². The van der Waals surface area contributed by atoms with Crippen LogP contribution in [0, 0.1) is 11.3 Å². The minimum atomic E-state index is -4.63. The molecule has 1 spiro atoms. The third-order valence-electron chi connectivity index (χ3n) is 6.45. The molecule has 0 amide bonds. The Kier molecular flexibility index (Phi) is 5.25. The zero-order valence-electron chi connectivity index (χ0n) is 17.1. The van der Waals surface area contributed by atoms with Crippen LogP contribution in [0.1, 0.15) is 40.0 Å². The van der Waals surface area contributed by atoms with Crippen molar-refractivity contribution in [3.05, 3.63) is 0 Å². The highest BCUT2D eigenvalue weighted by atomic mass is 19.4. The normalized spacial score (nSPS) is 39.6. The number of rotatable bonds is 5. The van der Waals surface area contributed by atoms with Crippen LogP contribution in [0.2, 0.25) is 0 Å². The smallest absolute Gasteiger partial charge is 0.392 e. The van der Waals surface area contributed by atoms with Gasteiger partial charge in [0.15, 0.2) is 18.5 Å². The molecule has 0 radical (unpaired) electrons. The number of fused-ring (bicyclic) bond motifs is 3. The predicted octanol–water partition coefficient (Wildman–Crippen LogP) is 1.61. The number of carbonyl (C=O) groups is 3. The summed E-state index contributed by atoms with van der Waals surface area (Å²) in [4.78, 5) is 36.6. The Morgan fingerprint density at radius 2 is 1.94 bits per heavy atom. The molecule has 12 heteroatoms. The van der Waals surface area contributed by atoms with Gasteiger partial charge in [0.1, 0.15) is 19.1 Å². The first-order valence-corrected chi connectivity index (χ1v) is 10.1. The first-order chi connectivity index (χ1) is 14.4. The molecule has 0 N–H and O–H groups in total. The summed E-state index contributed by atoms with van der Waals surface area (Å²) in [7, 11) is 0. The maximum absolute atomic E-state index is 13.4. The molecule has 4 rings (SSSR count). The number of alkyl halides is 3. The summed E-state index contributed by atoms with van der Waals surface area (Å²) in [6, 6.07) is 0. The van der Waals surface area contributed by atoms with Gasteiger partial charge in [0.2, 0.25) is 11.9 Å². The summed E-state index contributed by atoms with van der Waals surface area (Å²) in [6.45, 7) is 3.59. The Labute approximate surface area is 175 Å². The van der Waals surface area contributed by atoms with Gasteiger partial charge in [0, 0.05) is 0 Å². The van der Waals surface area contributed by atoms with E-state index in [0.29, 0.717) is 6.42 Å². The molecule has 0 aromatic rings. The number of halogens is 3. The lowest BCUT2D eigenvalue weighted by Gasteiger charge is -2.35. The number of carbonyl (C=O) groups excluding carboxylic acids is 3. The Hall–Kier alpha value is -1.92. The zero-order chi connectivity index (χ0) is 22.8. The average molecular weight is 452 g/mol. The number of hydrogen-bond acceptors (Lipinski definition) is 9. The van der Waals surface area contributed by atoms with Gasteiger partial charge >= 0.3 is 24.1 Å². The molecule has 4 fully saturated rings. The summed E-state index contributed by atoms with van der Waals surface area (Å²) in [6.07, 6.45) is -10.1. The fourth-order valence-corrected chi connectivity index (χ4v) is 4.47. The number of esters is 3. The Morgan fingerprint density at radius 1 is 1.23 bits per heavy atom. The van der Waals surface area contributed by atoms with E-state index in [1.807, 2.05) is 0 Å². The van der Waals surface area contributed by atoms with Crippen molar-refractivity contribution >= 4 is 17.9 Å². The van der Waals surface area contributed by atoms with E-state index >= 15 is 0 Å². The molecule has 0 aromatic carbocycles. The van der Waals surface area contributed by atoms with E-state index in [4.69, 9.17) is 28.4 Å². The van der Waals surface area contributed by atoms with Crippen molar-refractivity contribution in [2.75, 3.05) is 6.61 Å². The largest absolute Gasteiger partial charge is 0.460 e. The van der Waals surface area contributed by atoms with Crippen LogP contribution in [0.3, 0.4) is 0 Å². The number of hydrogen-bond donors (Lipinski definition) is 0. The third-order valence-corrected chi connectivity index (χ3v) is 6.45. The molecule has 0 saturated carbocycles. The monoisotopic (exact) mass is 452 g/mol. The summed E-state index contributed by atoms with van der Waals surface area (Å²) in [5, 5.41) is 0. The van der Waals surface area contributed by atoms with E-state index < -0.39 is 71.9 Å². The fraction of sp³-hybridized carbons (Fsp3) is 0.842. The summed E-state index contributed by atoms with van der Waals surface area (Å²) < 4.78 is 72.5. The van der Waals surface area contributed by atoms with Gasteiger partial charge in [0.05, 0.1) is 11.3 Å². The van der Waals surface area contributed by atoms with Crippen molar-refractivity contribution in [3.8, 4) is 0 Å². The maximum atomic E-state index is 13.4. The molecule has 4 aliphatic heterocycles. The molecule has 174 valence electrons. The van der Waals surface area contributed by atoms with Crippen LogP contribution in [0.4, 0.5) is 13.2 Å². The highest BCUT2D eigenvalue weighted by molar-refractivity contribution is 5.84. The van der Waals surface area contributed by atoms with Crippen LogP contribution in [-0.4, -0.2) is 67.2 Å². The van der Waals surface area contributed by atoms with Gasteiger partial charge in [0.25, 0.3) is 0 Å². The first kappa shape index (κ1) is 22.3. The van der Waals surface area contributed by atoms with Gasteiger partial charge < -0.3 is 28.4 Å². The van der Waals surface area contributed by atoms with Crippen LogP contribution in [-0.2, 0) is 42.8 Å². The lowest BCUT2D eigenvalue weighted by atomic mass is 9.74. The lowest BCUT2D eigenvalue weighted by Crippen LogP contribution is -2.47. The highest BCUT2D eigenvalue weighted by Gasteiger charge is 2.67. The standard InChI is InChI=1S/C19H23F3O9/c1-4-5-17(3,8(2)19(20,21)22)16(25)29-12-10-11(27-14(12)24)13-15(28-10)31-18(30-13)6-9(23)26-7-18/h8,10-13,15H,4-7H2,1-3H3. The van der Waals surface area contributed by atoms with Crippen LogP contribution < -0.4 is 0 Å². The summed E-state index contributed by atoms with van der Waals surface area (Å²) in [5.41, 5.74) is -1.89. The van der Waals surface area contributed by atoms with Gasteiger partial charge in [-0.15, -0.1) is 0 Å². The van der Waals surface area contributed by atoms with Crippen molar-refractivity contribution in [2.45, 2.75) is 82.7 Å². The van der Waals surface area contributed by atoms with E-state index in [9.17, 15) is 27.6 Å². The van der Waals surface area contributed by atoms with Gasteiger partial charge in [-0.1, -0.05) is 20.3 Å². The second-order valence-electron chi connectivity index (χ2n) is 8.58. The zero-order valence-corrected chi connectivity index (χ0v) is 17.1. The molecular weight excluding hydrogens is 429 g/mol. The lowest BCUT2D eigenvalue weighted by molar-refractivity contribution is -0.234. The molecule has 9 nitrogen and oxygen atoms in total. The minimum Gasteiger partial charge on any atom is -0.460 e. The average Bonchev–Trinajstić information content (AvgIpc) is 3.37. The van der Waals surface area contributed by atoms with E-state index in [1.165, 1.54) is 6.92 Å². The van der Waals surface area contributed by atoms with Crippen molar-refractivity contribution < 1.29 is 56.0 Å². The topological polar surface area (TPSA) is 107 Å². The van der Waals surface area contributed by atoms with Crippen molar-refractivity contribution in [1.82, 2.24) is 0 Å². The molecule has 8 unspecified atom stereocenters. The summed E-state index contributed by atoms with van der Waals surface area (Å²) >= 11 is 0. The predicted molar refractivity (Wildman–Crippen MR) is 90.9 cm³/mol. The molecule has 4 heterocycles. The van der Waals surface area contributed by atoms with Crippen LogP contribution >= 0.6 is 0 Å². The SMILES string of the molecule is CCCC(C)(C(=O)OC1C(=O)OC2C3OC4(COC(=O)C4)OC3OC12)C(C)C(F)(F)F. The summed E-state index contributed by atoms with van der Waals surface area (Å²) in [5.74, 6) is -5.93. The van der Waals surface area contributed by atoms with Gasteiger partial charge in [-0.25, -0.2) is 4.79 Å². The maximum Gasteiger partial charge on any atom is 0.392 e. The van der Waals surface area contributed by atoms with Crippen molar-refractivity contribution in [1.29, 1.82) is 0 Å². The minimum absolute atomic E-state index is 0.0861. The quantitative estimate of drug-likeness (QED) is 0.454. The molecule has 8 atom stereocenters. The Balaban J connectivity index is 1.47. The second kappa shape index (κ2) is 7.31. The molecule has 0 aromatic heterocycles. The highest BCUT2D eigenvalue weighted by Crippen LogP contribution is 2.48. The third kappa shape index (κ3) is 3.58. The molecule has 31 heavy (non-hydrogen) atoms. The molecule has 0 bridgehead atoms. The molecular formula is C19H23F3O9. The molecule has 4 aliphatic rings. The van der Waals surface area contributed by atoms with Crippen molar-refractivity contribution in [2.24, 2.45) is 11.3 Å². The van der Waals surface area contributed by atoms with E-state index in [-0.39, 0.29) is 19.4 Å². The fourth-order valence-electron chi connectivity index (χ4n) is 4.47. The Morgan fingerprint density at radius 3 is 2.52 bits per heavy atom. The van der Waals surface area contributed by atoms with Gasteiger partial charge in [-0.05, 0) is 13.3 Å².